The third-order valence-corrected chi connectivity index (χ3v) is 4.37. The van der Waals surface area contributed by atoms with E-state index in [4.69, 9.17) is 11.6 Å². The van der Waals surface area contributed by atoms with Crippen molar-refractivity contribution < 1.29 is 9.59 Å². The van der Waals surface area contributed by atoms with Crippen molar-refractivity contribution in [3.8, 4) is 5.69 Å². The zero-order chi connectivity index (χ0) is 18.0. The second-order valence-electron chi connectivity index (χ2n) is 6.19. The SMILES string of the molecule is CC(=O)NC1CCCN(C(=O)c2nn(-c3cccc(Cl)c3)nc2C)C1. The molecule has 0 radical (unpaired) electrons. The van der Waals surface area contributed by atoms with Crippen molar-refractivity contribution in [1.29, 1.82) is 0 Å². The molecule has 1 atom stereocenters. The van der Waals surface area contributed by atoms with Crippen molar-refractivity contribution in [1.82, 2.24) is 25.2 Å². The molecule has 0 bridgehead atoms. The number of aryl methyl sites for hydroxylation is 1. The highest BCUT2D eigenvalue weighted by molar-refractivity contribution is 6.30. The van der Waals surface area contributed by atoms with Crippen LogP contribution >= 0.6 is 11.6 Å². The Hall–Kier alpha value is -2.41. The lowest BCUT2D eigenvalue weighted by Gasteiger charge is -2.32. The van der Waals surface area contributed by atoms with E-state index in [1.165, 1.54) is 11.7 Å². The summed E-state index contributed by atoms with van der Waals surface area (Å²) in [4.78, 5) is 27.2. The molecule has 1 fully saturated rings. The maximum Gasteiger partial charge on any atom is 0.276 e. The third-order valence-electron chi connectivity index (χ3n) is 4.14. The fourth-order valence-corrected chi connectivity index (χ4v) is 3.19. The standard InChI is InChI=1S/C17H20ClN5O2/c1-11-16(21-23(20-11)15-7-3-5-13(18)9-15)17(25)22-8-4-6-14(10-22)19-12(2)24/h3,5,7,9,14H,4,6,8,10H2,1-2H3,(H,19,24). The largest absolute Gasteiger partial charge is 0.352 e. The van der Waals surface area contributed by atoms with E-state index in [0.29, 0.717) is 35.2 Å². The van der Waals surface area contributed by atoms with Crippen molar-refractivity contribution >= 4 is 23.4 Å². The van der Waals surface area contributed by atoms with Gasteiger partial charge in [0.1, 0.15) is 0 Å². The Labute approximate surface area is 150 Å². The van der Waals surface area contributed by atoms with Gasteiger partial charge in [0.25, 0.3) is 5.91 Å². The maximum atomic E-state index is 12.8. The molecule has 132 valence electrons. The molecule has 7 nitrogen and oxygen atoms in total. The number of amides is 2. The number of hydrogen-bond acceptors (Lipinski definition) is 4. The van der Waals surface area contributed by atoms with Crippen LogP contribution in [0.2, 0.25) is 5.02 Å². The van der Waals surface area contributed by atoms with E-state index in [2.05, 4.69) is 15.5 Å². The predicted octanol–water partition coefficient (Wildman–Crippen LogP) is 1.97. The molecule has 0 aliphatic carbocycles. The Morgan fingerprint density at radius 2 is 2.12 bits per heavy atom. The number of hydrogen-bond donors (Lipinski definition) is 1. The number of nitrogens with zero attached hydrogens (tertiary/aromatic N) is 4. The molecule has 0 spiro atoms. The second-order valence-corrected chi connectivity index (χ2v) is 6.63. The van der Waals surface area contributed by atoms with Gasteiger partial charge in [0.15, 0.2) is 5.69 Å². The summed E-state index contributed by atoms with van der Waals surface area (Å²) in [5, 5.41) is 12.1. The summed E-state index contributed by atoms with van der Waals surface area (Å²) in [5.41, 5.74) is 1.58. The van der Waals surface area contributed by atoms with Crippen LogP contribution in [0.3, 0.4) is 0 Å². The number of halogens is 1. The lowest BCUT2D eigenvalue weighted by Crippen LogP contribution is -2.49. The number of nitrogens with one attached hydrogen (secondary N) is 1. The minimum atomic E-state index is -0.166. The fraction of sp³-hybridized carbons (Fsp3) is 0.412. The average Bonchev–Trinajstić information content (AvgIpc) is 2.96. The quantitative estimate of drug-likeness (QED) is 0.906. The smallest absolute Gasteiger partial charge is 0.276 e. The van der Waals surface area contributed by atoms with E-state index in [1.54, 1.807) is 30.0 Å². The van der Waals surface area contributed by atoms with Gasteiger partial charge >= 0.3 is 0 Å². The molecule has 0 saturated carbocycles. The molecule has 1 aliphatic rings. The van der Waals surface area contributed by atoms with Gasteiger partial charge in [0.2, 0.25) is 5.91 Å². The van der Waals surface area contributed by atoms with E-state index in [1.807, 2.05) is 6.07 Å². The molecule has 2 aromatic rings. The number of likely N-dealkylation sites (tertiary alicyclic amines) is 1. The average molecular weight is 362 g/mol. The van der Waals surface area contributed by atoms with Crippen LogP contribution in [-0.2, 0) is 4.79 Å². The van der Waals surface area contributed by atoms with Gasteiger partial charge in [-0.25, -0.2) is 0 Å². The van der Waals surface area contributed by atoms with Crippen LogP contribution in [0.5, 0.6) is 0 Å². The van der Waals surface area contributed by atoms with Crippen LogP contribution in [0.1, 0.15) is 35.9 Å². The molecular formula is C17H20ClN5O2. The molecule has 25 heavy (non-hydrogen) atoms. The number of carbonyl (C=O) groups is 2. The van der Waals surface area contributed by atoms with E-state index in [0.717, 1.165) is 12.8 Å². The van der Waals surface area contributed by atoms with Crippen molar-refractivity contribution in [2.75, 3.05) is 13.1 Å². The molecule has 2 amide bonds. The number of carbonyl (C=O) groups excluding carboxylic acids is 2. The summed E-state index contributed by atoms with van der Waals surface area (Å²) < 4.78 is 0. The zero-order valence-electron chi connectivity index (χ0n) is 14.2. The molecule has 3 rings (SSSR count). The fourth-order valence-electron chi connectivity index (χ4n) is 3.01. The zero-order valence-corrected chi connectivity index (χ0v) is 15.0. The third kappa shape index (κ3) is 3.99. The molecule has 1 aromatic carbocycles. The number of rotatable bonds is 3. The Morgan fingerprint density at radius 3 is 2.84 bits per heavy atom. The Morgan fingerprint density at radius 1 is 1.32 bits per heavy atom. The van der Waals surface area contributed by atoms with Crippen molar-refractivity contribution in [3.63, 3.8) is 0 Å². The number of benzene rings is 1. The molecule has 1 unspecified atom stereocenters. The number of piperidine rings is 1. The first kappa shape index (κ1) is 17.4. The van der Waals surface area contributed by atoms with E-state index < -0.39 is 0 Å². The van der Waals surface area contributed by atoms with Crippen LogP contribution in [0, 0.1) is 6.92 Å². The summed E-state index contributed by atoms with van der Waals surface area (Å²) >= 11 is 6.00. The summed E-state index contributed by atoms with van der Waals surface area (Å²) in [7, 11) is 0. The minimum absolute atomic E-state index is 0.0153. The normalized spacial score (nSPS) is 17.4. The molecular weight excluding hydrogens is 342 g/mol. The van der Waals surface area contributed by atoms with Gasteiger partial charge in [-0.3, -0.25) is 9.59 Å². The van der Waals surface area contributed by atoms with Gasteiger partial charge in [-0.2, -0.15) is 9.90 Å². The minimum Gasteiger partial charge on any atom is -0.352 e. The first-order valence-electron chi connectivity index (χ1n) is 8.20. The summed E-state index contributed by atoms with van der Waals surface area (Å²) in [6, 6.07) is 7.12. The number of aromatic nitrogens is 3. The monoisotopic (exact) mass is 361 g/mol. The topological polar surface area (TPSA) is 80.1 Å². The lowest BCUT2D eigenvalue weighted by atomic mass is 10.1. The first-order chi connectivity index (χ1) is 11.9. The lowest BCUT2D eigenvalue weighted by molar-refractivity contribution is -0.120. The van der Waals surface area contributed by atoms with Crippen molar-refractivity contribution in [3.05, 3.63) is 40.7 Å². The van der Waals surface area contributed by atoms with Crippen LogP contribution < -0.4 is 5.32 Å². The Bertz CT molecular complexity index is 804. The molecule has 2 heterocycles. The first-order valence-corrected chi connectivity index (χ1v) is 8.58. The summed E-state index contributed by atoms with van der Waals surface area (Å²) in [6.45, 7) is 4.39. The van der Waals surface area contributed by atoms with E-state index in [-0.39, 0.29) is 17.9 Å². The highest BCUT2D eigenvalue weighted by Gasteiger charge is 2.28. The van der Waals surface area contributed by atoms with Gasteiger partial charge in [0.05, 0.1) is 11.4 Å². The van der Waals surface area contributed by atoms with Crippen LogP contribution in [0.25, 0.3) is 5.69 Å². The van der Waals surface area contributed by atoms with Crippen LogP contribution in [-0.4, -0.2) is 50.8 Å². The van der Waals surface area contributed by atoms with Crippen molar-refractivity contribution in [2.24, 2.45) is 0 Å². The van der Waals surface area contributed by atoms with Crippen molar-refractivity contribution in [2.45, 2.75) is 32.7 Å². The van der Waals surface area contributed by atoms with Gasteiger partial charge < -0.3 is 10.2 Å². The summed E-state index contributed by atoms with van der Waals surface area (Å²) in [6.07, 6.45) is 1.72. The van der Waals surface area contributed by atoms with E-state index >= 15 is 0 Å². The maximum absolute atomic E-state index is 12.8. The Balaban J connectivity index is 1.79. The molecule has 1 aliphatic heterocycles. The highest BCUT2D eigenvalue weighted by Crippen LogP contribution is 2.17. The van der Waals surface area contributed by atoms with Crippen LogP contribution in [0.15, 0.2) is 24.3 Å². The highest BCUT2D eigenvalue weighted by atomic mass is 35.5. The Kier molecular flexibility index (Phi) is 5.03. The van der Waals surface area contributed by atoms with Gasteiger partial charge in [-0.05, 0) is 38.0 Å². The van der Waals surface area contributed by atoms with Crippen LogP contribution in [0.4, 0.5) is 0 Å². The van der Waals surface area contributed by atoms with Gasteiger partial charge in [0, 0.05) is 31.1 Å². The molecule has 1 aromatic heterocycles. The van der Waals surface area contributed by atoms with Gasteiger partial charge in [-0.1, -0.05) is 17.7 Å². The molecule has 1 N–H and O–H groups in total. The second kappa shape index (κ2) is 7.23. The molecule has 8 heteroatoms. The summed E-state index contributed by atoms with van der Waals surface area (Å²) in [5.74, 6) is -0.247. The van der Waals surface area contributed by atoms with Gasteiger partial charge in [-0.15, -0.1) is 5.10 Å². The molecule has 1 saturated heterocycles. The predicted molar refractivity (Wildman–Crippen MR) is 93.8 cm³/mol. The van der Waals surface area contributed by atoms with E-state index in [9.17, 15) is 9.59 Å².